The number of imide groups is 1. The lowest BCUT2D eigenvalue weighted by atomic mass is 9.72. The van der Waals surface area contributed by atoms with Crippen LogP contribution >= 0.6 is 0 Å². The number of amides is 4. The molecule has 0 aliphatic carbocycles. The SMILES string of the molecule is CCC[C@@H](NC(=O)N1C(=O)C(CC)(CC)C1Oc1ccc(C(=O)N(CC)CCN(C)C)cc1)c1ccc(C(F)(F)F)cc1. The number of nitrogens with one attached hydrogen (secondary N) is 1. The van der Waals surface area contributed by atoms with E-state index in [1.165, 1.54) is 12.1 Å². The summed E-state index contributed by atoms with van der Waals surface area (Å²) >= 11 is 0. The van der Waals surface area contributed by atoms with Gasteiger partial charge in [0, 0.05) is 25.2 Å². The fraction of sp³-hybridized carbons (Fsp3) is 0.531. The third-order valence-corrected chi connectivity index (χ3v) is 8.18. The number of carbonyl (C=O) groups excluding carboxylic acids is 3. The Balaban J connectivity index is 1.79. The van der Waals surface area contributed by atoms with Gasteiger partial charge in [-0.1, -0.05) is 39.3 Å². The van der Waals surface area contributed by atoms with Crippen LogP contribution in [-0.4, -0.2) is 72.5 Å². The predicted octanol–water partition coefficient (Wildman–Crippen LogP) is 6.33. The van der Waals surface area contributed by atoms with Crippen molar-refractivity contribution in [2.45, 2.75) is 71.8 Å². The Hall–Kier alpha value is -3.60. The van der Waals surface area contributed by atoms with Crippen LogP contribution in [0.5, 0.6) is 5.75 Å². The lowest BCUT2D eigenvalue weighted by Crippen LogP contribution is -2.73. The first-order valence-corrected chi connectivity index (χ1v) is 14.8. The van der Waals surface area contributed by atoms with Crippen molar-refractivity contribution in [1.29, 1.82) is 0 Å². The van der Waals surface area contributed by atoms with Gasteiger partial charge < -0.3 is 19.9 Å². The highest BCUT2D eigenvalue weighted by Crippen LogP contribution is 2.46. The topological polar surface area (TPSA) is 82.2 Å². The van der Waals surface area contributed by atoms with E-state index >= 15 is 0 Å². The fourth-order valence-electron chi connectivity index (χ4n) is 5.34. The minimum absolute atomic E-state index is 0.0996. The molecule has 1 aliphatic heterocycles. The van der Waals surface area contributed by atoms with E-state index in [2.05, 4.69) is 5.32 Å². The molecule has 0 aromatic heterocycles. The predicted molar refractivity (Wildman–Crippen MR) is 158 cm³/mol. The Morgan fingerprint density at radius 1 is 0.977 bits per heavy atom. The van der Waals surface area contributed by atoms with Gasteiger partial charge in [0.15, 0.2) is 6.23 Å². The molecule has 11 heteroatoms. The summed E-state index contributed by atoms with van der Waals surface area (Å²) in [6.07, 6.45) is -3.34. The summed E-state index contributed by atoms with van der Waals surface area (Å²) in [4.78, 5) is 44.7. The van der Waals surface area contributed by atoms with Gasteiger partial charge in [-0.15, -0.1) is 0 Å². The van der Waals surface area contributed by atoms with Crippen LogP contribution in [0.25, 0.3) is 0 Å². The molecule has 1 aliphatic rings. The van der Waals surface area contributed by atoms with Gasteiger partial charge in [-0.25, -0.2) is 9.69 Å². The number of benzene rings is 2. The van der Waals surface area contributed by atoms with E-state index in [1.54, 1.807) is 29.2 Å². The van der Waals surface area contributed by atoms with Gasteiger partial charge in [0.25, 0.3) is 5.91 Å². The summed E-state index contributed by atoms with van der Waals surface area (Å²) in [5, 5.41) is 2.84. The Labute approximate surface area is 252 Å². The zero-order valence-electron chi connectivity index (χ0n) is 25.8. The molecule has 1 saturated heterocycles. The first-order chi connectivity index (χ1) is 20.3. The summed E-state index contributed by atoms with van der Waals surface area (Å²) in [6.45, 7) is 9.46. The largest absolute Gasteiger partial charge is 0.469 e. The molecule has 2 atom stereocenters. The molecule has 3 rings (SSSR count). The number of halogens is 3. The maximum Gasteiger partial charge on any atom is 0.416 e. The molecule has 4 amide bonds. The Morgan fingerprint density at radius 2 is 1.58 bits per heavy atom. The quantitative estimate of drug-likeness (QED) is 0.270. The van der Waals surface area contributed by atoms with Gasteiger partial charge in [-0.05, 0) is 82.2 Å². The molecule has 1 heterocycles. The molecule has 0 bridgehead atoms. The molecular weight excluding hydrogens is 561 g/mol. The van der Waals surface area contributed by atoms with Crippen LogP contribution < -0.4 is 10.1 Å². The van der Waals surface area contributed by atoms with Crippen molar-refractivity contribution < 1.29 is 32.3 Å². The number of likely N-dealkylation sites (N-methyl/N-ethyl adjacent to an activating group) is 2. The molecule has 236 valence electrons. The lowest BCUT2D eigenvalue weighted by Gasteiger charge is -2.53. The Bertz CT molecular complexity index is 1240. The van der Waals surface area contributed by atoms with E-state index in [-0.39, 0.29) is 11.8 Å². The van der Waals surface area contributed by atoms with Crippen LogP contribution in [-0.2, 0) is 11.0 Å². The number of β-lactam (4-membered cyclic amide) rings is 1. The van der Waals surface area contributed by atoms with E-state index in [4.69, 9.17) is 4.74 Å². The molecule has 43 heavy (non-hydrogen) atoms. The number of hydrogen-bond acceptors (Lipinski definition) is 5. The lowest BCUT2D eigenvalue weighted by molar-refractivity contribution is -0.191. The number of urea groups is 1. The maximum absolute atomic E-state index is 13.5. The molecule has 2 aromatic rings. The fourth-order valence-corrected chi connectivity index (χ4v) is 5.34. The van der Waals surface area contributed by atoms with Crippen LogP contribution in [0.2, 0.25) is 0 Å². The van der Waals surface area contributed by atoms with Gasteiger partial charge in [0.1, 0.15) is 11.2 Å². The summed E-state index contributed by atoms with van der Waals surface area (Å²) in [6, 6.07) is 10.1. The van der Waals surface area contributed by atoms with E-state index in [0.717, 1.165) is 23.6 Å². The highest BCUT2D eigenvalue weighted by atomic mass is 19.4. The minimum Gasteiger partial charge on any atom is -0.469 e. The highest BCUT2D eigenvalue weighted by Gasteiger charge is 2.63. The van der Waals surface area contributed by atoms with Crippen molar-refractivity contribution >= 4 is 17.8 Å². The van der Waals surface area contributed by atoms with Crippen molar-refractivity contribution in [1.82, 2.24) is 20.0 Å². The van der Waals surface area contributed by atoms with Crippen molar-refractivity contribution in [2.75, 3.05) is 33.7 Å². The van der Waals surface area contributed by atoms with Crippen LogP contribution in [0.4, 0.5) is 18.0 Å². The van der Waals surface area contributed by atoms with E-state index in [9.17, 15) is 27.6 Å². The maximum atomic E-state index is 13.5. The van der Waals surface area contributed by atoms with Gasteiger partial charge >= 0.3 is 12.2 Å². The highest BCUT2D eigenvalue weighted by molar-refractivity contribution is 6.03. The second kappa shape index (κ2) is 14.2. The van der Waals surface area contributed by atoms with Crippen LogP contribution in [0.3, 0.4) is 0 Å². The van der Waals surface area contributed by atoms with Gasteiger partial charge in [-0.3, -0.25) is 9.59 Å². The first kappa shape index (κ1) is 33.9. The molecule has 0 spiro atoms. The monoisotopic (exact) mass is 604 g/mol. The number of likely N-dealkylation sites (tertiary alicyclic amines) is 1. The average Bonchev–Trinajstić information content (AvgIpc) is 2.97. The summed E-state index contributed by atoms with van der Waals surface area (Å²) < 4.78 is 45.4. The van der Waals surface area contributed by atoms with E-state index < -0.39 is 35.5 Å². The molecule has 8 nitrogen and oxygen atoms in total. The molecule has 2 aromatic carbocycles. The van der Waals surface area contributed by atoms with Crippen molar-refractivity contribution in [3.8, 4) is 5.75 Å². The van der Waals surface area contributed by atoms with Gasteiger partial charge in [0.05, 0.1) is 11.6 Å². The number of hydrogen-bond donors (Lipinski definition) is 1. The zero-order valence-corrected chi connectivity index (χ0v) is 25.8. The molecule has 0 saturated carbocycles. The second-order valence-corrected chi connectivity index (χ2v) is 11.1. The molecule has 1 N–H and O–H groups in total. The number of alkyl halides is 3. The zero-order chi connectivity index (χ0) is 31.9. The summed E-state index contributed by atoms with van der Waals surface area (Å²) in [5.74, 6) is -0.0614. The van der Waals surface area contributed by atoms with Crippen molar-refractivity contribution in [3.05, 3.63) is 65.2 Å². The van der Waals surface area contributed by atoms with Crippen LogP contribution in [0.15, 0.2) is 48.5 Å². The van der Waals surface area contributed by atoms with Gasteiger partial charge in [-0.2, -0.15) is 13.2 Å². The third-order valence-electron chi connectivity index (χ3n) is 8.18. The van der Waals surface area contributed by atoms with Crippen LogP contribution in [0.1, 0.15) is 80.9 Å². The van der Waals surface area contributed by atoms with E-state index in [0.29, 0.717) is 55.6 Å². The van der Waals surface area contributed by atoms with E-state index in [1.807, 2.05) is 46.7 Å². The smallest absolute Gasteiger partial charge is 0.416 e. The van der Waals surface area contributed by atoms with Crippen molar-refractivity contribution in [3.63, 3.8) is 0 Å². The van der Waals surface area contributed by atoms with Crippen LogP contribution in [0, 0.1) is 5.41 Å². The summed E-state index contributed by atoms with van der Waals surface area (Å²) in [5.41, 5.74) is -0.670. The molecule has 0 radical (unpaired) electrons. The number of nitrogens with zero attached hydrogens (tertiary/aromatic N) is 3. The number of rotatable bonds is 13. The number of carbonyl (C=O) groups is 3. The third kappa shape index (κ3) is 7.49. The average molecular weight is 605 g/mol. The molecule has 1 unspecified atom stereocenters. The standard InChI is InChI=1S/C32H43F3N4O4/c1-7-11-26(22-12-16-24(17-13-22)32(33,34)35)36-30(42)39-28(41)31(8-2,9-3)29(39)43-25-18-14-23(15-19-25)27(40)38(10-4)21-20-37(5)6/h12-19,26,29H,7-11,20-21H2,1-6H3,(H,36,42)/t26-,29?/m1/s1. The minimum atomic E-state index is -4.47. The Morgan fingerprint density at radius 3 is 2.07 bits per heavy atom. The Kier molecular flexibility index (Phi) is 11.2. The summed E-state index contributed by atoms with van der Waals surface area (Å²) in [7, 11) is 3.90. The van der Waals surface area contributed by atoms with Gasteiger partial charge in [0.2, 0.25) is 5.91 Å². The normalized spacial score (nSPS) is 16.9. The number of ether oxygens (including phenoxy) is 1. The second-order valence-electron chi connectivity index (χ2n) is 11.1. The molecule has 1 fully saturated rings. The molecular formula is C32H43F3N4O4. The first-order valence-electron chi connectivity index (χ1n) is 14.8. The van der Waals surface area contributed by atoms with Crippen molar-refractivity contribution in [2.24, 2.45) is 5.41 Å².